The van der Waals surface area contributed by atoms with Gasteiger partial charge in [0, 0.05) is 35.1 Å². The molecule has 1 N–H and O–H groups in total. The molecule has 0 spiro atoms. The zero-order valence-electron chi connectivity index (χ0n) is 12.1. The molecule has 0 aliphatic rings. The van der Waals surface area contributed by atoms with E-state index < -0.39 is 0 Å². The minimum Gasteiger partial charge on any atom is -0.352 e. The maximum atomic E-state index is 12.0. The molecule has 20 heavy (non-hydrogen) atoms. The van der Waals surface area contributed by atoms with Crippen LogP contribution in [0.1, 0.15) is 37.6 Å². The van der Waals surface area contributed by atoms with Gasteiger partial charge in [0.15, 0.2) is 5.78 Å². The molecule has 0 fully saturated rings. The second-order valence-electron chi connectivity index (χ2n) is 5.19. The third-order valence-electron chi connectivity index (χ3n) is 3.17. The number of fused-ring (bicyclic) bond motifs is 1. The molecule has 2 aromatic rings. The summed E-state index contributed by atoms with van der Waals surface area (Å²) >= 11 is 0. The van der Waals surface area contributed by atoms with E-state index in [0.29, 0.717) is 12.0 Å². The lowest BCUT2D eigenvalue weighted by Crippen LogP contribution is -2.32. The molecule has 4 nitrogen and oxygen atoms in total. The largest absolute Gasteiger partial charge is 0.352 e. The van der Waals surface area contributed by atoms with Crippen LogP contribution < -0.4 is 5.32 Å². The van der Waals surface area contributed by atoms with Crippen LogP contribution in [0.3, 0.4) is 0 Å². The van der Waals surface area contributed by atoms with E-state index in [0.717, 1.165) is 10.9 Å². The lowest BCUT2D eigenvalue weighted by Gasteiger charge is -2.09. The first-order valence-electron chi connectivity index (χ1n) is 6.93. The molecule has 0 unspecified atom stereocenters. The molecule has 0 saturated carbocycles. The predicted octanol–water partition coefficient (Wildman–Crippen LogP) is 2.76. The highest BCUT2D eigenvalue weighted by atomic mass is 16.2. The Morgan fingerprint density at radius 1 is 1.25 bits per heavy atom. The third-order valence-corrected chi connectivity index (χ3v) is 3.17. The van der Waals surface area contributed by atoms with Crippen LogP contribution >= 0.6 is 0 Å². The zero-order chi connectivity index (χ0) is 14.7. The molecule has 2 rings (SSSR count). The third kappa shape index (κ3) is 2.90. The van der Waals surface area contributed by atoms with Gasteiger partial charge in [0.2, 0.25) is 5.91 Å². The Hall–Kier alpha value is -2.10. The number of carbonyl (C=O) groups is 2. The van der Waals surface area contributed by atoms with Crippen LogP contribution in [0.5, 0.6) is 0 Å². The fraction of sp³-hybridized carbons (Fsp3) is 0.375. The highest BCUT2D eigenvalue weighted by Gasteiger charge is 2.15. The summed E-state index contributed by atoms with van der Waals surface area (Å²) < 4.78 is 1.84. The van der Waals surface area contributed by atoms with Crippen LogP contribution in [-0.2, 0) is 11.3 Å². The van der Waals surface area contributed by atoms with Gasteiger partial charge in [0.05, 0.1) is 0 Å². The van der Waals surface area contributed by atoms with Crippen LogP contribution in [-0.4, -0.2) is 22.3 Å². The molecule has 0 atom stereocenters. The average Bonchev–Trinajstić information content (AvgIpc) is 2.76. The molecule has 0 bridgehead atoms. The zero-order valence-corrected chi connectivity index (χ0v) is 12.1. The molecular weight excluding hydrogens is 252 g/mol. The molecule has 4 heteroatoms. The summed E-state index contributed by atoms with van der Waals surface area (Å²) in [4.78, 5) is 23.9. The SMILES string of the molecule is CCC(=O)c1cn(CC(=O)NC(C)C)c2ccccc12. The standard InChI is InChI=1S/C16H20N2O2/c1-4-15(19)13-9-18(10-16(20)17-11(2)3)14-8-6-5-7-12(13)14/h5-9,11H,4,10H2,1-3H3,(H,17,20). The van der Waals surface area contributed by atoms with E-state index in [1.54, 1.807) is 6.20 Å². The number of nitrogens with one attached hydrogen (secondary N) is 1. The molecule has 1 aromatic heterocycles. The summed E-state index contributed by atoms with van der Waals surface area (Å²) in [5.74, 6) is 0.0560. The number of Topliss-reactive ketones (excluding diaryl/α,β-unsaturated/α-hetero) is 1. The molecule has 0 aliphatic carbocycles. The predicted molar refractivity (Wildman–Crippen MR) is 79.8 cm³/mol. The van der Waals surface area contributed by atoms with Crippen molar-refractivity contribution in [1.82, 2.24) is 9.88 Å². The van der Waals surface area contributed by atoms with Gasteiger partial charge >= 0.3 is 0 Å². The average molecular weight is 272 g/mol. The fourth-order valence-corrected chi connectivity index (χ4v) is 2.31. The minimum atomic E-state index is -0.0451. The molecule has 0 radical (unpaired) electrons. The lowest BCUT2D eigenvalue weighted by molar-refractivity contribution is -0.122. The van der Waals surface area contributed by atoms with E-state index in [1.807, 2.05) is 49.6 Å². The summed E-state index contributed by atoms with van der Waals surface area (Å²) in [6, 6.07) is 7.80. The summed E-state index contributed by atoms with van der Waals surface area (Å²) in [6.45, 7) is 5.94. The van der Waals surface area contributed by atoms with Crippen molar-refractivity contribution in [3.8, 4) is 0 Å². The number of rotatable bonds is 5. The molecule has 0 saturated heterocycles. The number of nitrogens with zero attached hydrogens (tertiary/aromatic N) is 1. The second-order valence-corrected chi connectivity index (χ2v) is 5.19. The van der Waals surface area contributed by atoms with Crippen LogP contribution in [0.15, 0.2) is 30.5 Å². The molecular formula is C16H20N2O2. The topological polar surface area (TPSA) is 51.1 Å². The number of carbonyl (C=O) groups excluding carboxylic acids is 2. The summed E-state index contributed by atoms with van der Waals surface area (Å²) in [7, 11) is 0. The van der Waals surface area contributed by atoms with Gasteiger partial charge in [-0.3, -0.25) is 9.59 Å². The number of amides is 1. The van der Waals surface area contributed by atoms with Gasteiger partial charge in [0.25, 0.3) is 0 Å². The van der Waals surface area contributed by atoms with Crippen molar-refractivity contribution < 1.29 is 9.59 Å². The lowest BCUT2D eigenvalue weighted by atomic mass is 10.1. The van der Waals surface area contributed by atoms with Crippen molar-refractivity contribution in [3.63, 3.8) is 0 Å². The highest BCUT2D eigenvalue weighted by Crippen LogP contribution is 2.22. The first kappa shape index (κ1) is 14.3. The molecule has 1 aromatic carbocycles. The van der Waals surface area contributed by atoms with Crippen LogP contribution in [0.25, 0.3) is 10.9 Å². The van der Waals surface area contributed by atoms with E-state index in [-0.39, 0.29) is 24.3 Å². The first-order valence-corrected chi connectivity index (χ1v) is 6.93. The number of hydrogen-bond acceptors (Lipinski definition) is 2. The highest BCUT2D eigenvalue weighted by molar-refractivity contribution is 6.08. The van der Waals surface area contributed by atoms with Crippen molar-refractivity contribution in [2.75, 3.05) is 0 Å². The molecule has 106 valence electrons. The van der Waals surface area contributed by atoms with Crippen LogP contribution in [0.4, 0.5) is 0 Å². The summed E-state index contributed by atoms with van der Waals surface area (Å²) in [5.41, 5.74) is 1.61. The van der Waals surface area contributed by atoms with Gasteiger partial charge in [0.1, 0.15) is 6.54 Å². The smallest absolute Gasteiger partial charge is 0.240 e. The Labute approximate surface area is 118 Å². The van der Waals surface area contributed by atoms with Gasteiger partial charge in [-0.25, -0.2) is 0 Å². The number of hydrogen-bond donors (Lipinski definition) is 1. The van der Waals surface area contributed by atoms with Crippen molar-refractivity contribution >= 4 is 22.6 Å². The van der Waals surface area contributed by atoms with E-state index in [1.165, 1.54) is 0 Å². The quantitative estimate of drug-likeness (QED) is 0.851. The van der Waals surface area contributed by atoms with E-state index in [4.69, 9.17) is 0 Å². The molecule has 0 aliphatic heterocycles. The van der Waals surface area contributed by atoms with Crippen LogP contribution in [0.2, 0.25) is 0 Å². The second kappa shape index (κ2) is 5.90. The van der Waals surface area contributed by atoms with Crippen molar-refractivity contribution in [1.29, 1.82) is 0 Å². The fourth-order valence-electron chi connectivity index (χ4n) is 2.31. The van der Waals surface area contributed by atoms with E-state index >= 15 is 0 Å². The Morgan fingerprint density at radius 2 is 1.95 bits per heavy atom. The maximum Gasteiger partial charge on any atom is 0.240 e. The Morgan fingerprint density at radius 3 is 2.60 bits per heavy atom. The van der Waals surface area contributed by atoms with Gasteiger partial charge < -0.3 is 9.88 Å². The first-order chi connectivity index (χ1) is 9.52. The monoisotopic (exact) mass is 272 g/mol. The van der Waals surface area contributed by atoms with E-state index in [9.17, 15) is 9.59 Å². The Bertz CT molecular complexity index is 641. The van der Waals surface area contributed by atoms with Crippen LogP contribution in [0, 0.1) is 0 Å². The molecule has 1 heterocycles. The number of aromatic nitrogens is 1. The maximum absolute atomic E-state index is 12.0. The molecule has 1 amide bonds. The van der Waals surface area contributed by atoms with Gasteiger partial charge in [-0.1, -0.05) is 25.1 Å². The van der Waals surface area contributed by atoms with Crippen molar-refractivity contribution in [3.05, 3.63) is 36.0 Å². The summed E-state index contributed by atoms with van der Waals surface area (Å²) in [6.07, 6.45) is 2.25. The minimum absolute atomic E-state index is 0.0451. The number of ketones is 1. The Balaban J connectivity index is 2.39. The van der Waals surface area contributed by atoms with Gasteiger partial charge in [-0.2, -0.15) is 0 Å². The van der Waals surface area contributed by atoms with Crippen molar-refractivity contribution in [2.45, 2.75) is 39.8 Å². The van der Waals surface area contributed by atoms with Crippen molar-refractivity contribution in [2.24, 2.45) is 0 Å². The van der Waals surface area contributed by atoms with Gasteiger partial charge in [-0.05, 0) is 19.9 Å². The van der Waals surface area contributed by atoms with Gasteiger partial charge in [-0.15, -0.1) is 0 Å². The Kier molecular flexibility index (Phi) is 4.23. The normalized spacial score (nSPS) is 11.0. The summed E-state index contributed by atoms with van der Waals surface area (Å²) in [5, 5.41) is 3.78. The van der Waals surface area contributed by atoms with E-state index in [2.05, 4.69) is 5.32 Å². The number of benzene rings is 1. The number of para-hydroxylation sites is 1.